The van der Waals surface area contributed by atoms with Crippen molar-refractivity contribution >= 4 is 22.9 Å². The molecule has 0 atom stereocenters. The molecule has 3 aromatic rings. The largest absolute Gasteiger partial charge is 0.573 e. The van der Waals surface area contributed by atoms with Gasteiger partial charge < -0.3 is 9.84 Å². The molecule has 0 aliphatic heterocycles. The van der Waals surface area contributed by atoms with E-state index in [4.69, 9.17) is 0 Å². The van der Waals surface area contributed by atoms with Crippen molar-refractivity contribution in [2.45, 2.75) is 52.0 Å². The summed E-state index contributed by atoms with van der Waals surface area (Å²) in [7, 11) is 0. The minimum atomic E-state index is -5.03. The first-order valence-electron chi connectivity index (χ1n) is 9.60. The summed E-state index contributed by atoms with van der Waals surface area (Å²) in [5.74, 6) is -2.58. The van der Waals surface area contributed by atoms with Gasteiger partial charge in [0.2, 0.25) is 11.9 Å². The zero-order valence-electron chi connectivity index (χ0n) is 16.5. The molecule has 172 valence electrons. The van der Waals surface area contributed by atoms with Crippen LogP contribution in [0.5, 0.6) is 5.75 Å². The molecule has 1 heterocycles. The number of halogens is 4. The van der Waals surface area contributed by atoms with E-state index in [-0.39, 0.29) is 25.5 Å². The zero-order valence-corrected chi connectivity index (χ0v) is 16.5. The Morgan fingerprint density at radius 2 is 1.97 bits per heavy atom. The fraction of sp³-hybridized carbons (Fsp3) is 0.364. The van der Waals surface area contributed by atoms with Gasteiger partial charge in [0.15, 0.2) is 11.6 Å². The van der Waals surface area contributed by atoms with Crippen LogP contribution in [0, 0.1) is 12.7 Å². The number of rotatable bonds is 5. The van der Waals surface area contributed by atoms with E-state index in [1.807, 2.05) is 13.0 Å². The first kappa shape index (κ1) is 23.5. The number of hydrogen-bond donors (Lipinski definition) is 2. The van der Waals surface area contributed by atoms with E-state index in [2.05, 4.69) is 15.0 Å². The van der Waals surface area contributed by atoms with Crippen LogP contribution in [0.3, 0.4) is 0 Å². The van der Waals surface area contributed by atoms with E-state index in [0.29, 0.717) is 23.9 Å². The zero-order chi connectivity index (χ0) is 22.4. The number of aromatic nitrogens is 2. The van der Waals surface area contributed by atoms with Crippen molar-refractivity contribution in [1.29, 1.82) is 0 Å². The van der Waals surface area contributed by atoms with Gasteiger partial charge in [0.05, 0.1) is 28.7 Å². The minimum absolute atomic E-state index is 0. The number of imidazole rings is 1. The third-order valence-electron chi connectivity index (χ3n) is 5.23. The SMILES string of the molecule is C.Cc1ccc2nc(NC(=O)CC3(O)CCC3)n(-c3ccc(OC(F)(F)F)c(F)c3)c2c1. The van der Waals surface area contributed by atoms with Gasteiger partial charge in [0.25, 0.3) is 0 Å². The molecule has 1 saturated carbocycles. The highest BCUT2D eigenvalue weighted by molar-refractivity contribution is 5.93. The number of benzene rings is 2. The van der Waals surface area contributed by atoms with Crippen LogP contribution in [-0.4, -0.2) is 32.5 Å². The van der Waals surface area contributed by atoms with Crippen molar-refractivity contribution in [2.24, 2.45) is 0 Å². The van der Waals surface area contributed by atoms with Crippen LogP contribution >= 0.6 is 0 Å². The predicted octanol–water partition coefficient (Wildman–Crippen LogP) is 5.25. The predicted molar refractivity (Wildman–Crippen MR) is 111 cm³/mol. The van der Waals surface area contributed by atoms with Crippen molar-refractivity contribution in [3.05, 3.63) is 47.8 Å². The monoisotopic (exact) mass is 453 g/mol. The number of carbonyl (C=O) groups excluding carboxylic acids is 1. The molecule has 0 saturated heterocycles. The van der Waals surface area contributed by atoms with E-state index in [9.17, 15) is 27.5 Å². The van der Waals surface area contributed by atoms with Crippen molar-refractivity contribution in [3.63, 3.8) is 0 Å². The number of fused-ring (bicyclic) bond motifs is 1. The first-order chi connectivity index (χ1) is 14.5. The summed E-state index contributed by atoms with van der Waals surface area (Å²) < 4.78 is 56.8. The molecule has 1 amide bonds. The molecule has 0 radical (unpaired) electrons. The first-order valence-corrected chi connectivity index (χ1v) is 9.60. The third kappa shape index (κ3) is 4.85. The fourth-order valence-corrected chi connectivity index (χ4v) is 3.60. The maximum Gasteiger partial charge on any atom is 0.573 e. The summed E-state index contributed by atoms with van der Waals surface area (Å²) in [5.41, 5.74) is 1.01. The number of amides is 1. The topological polar surface area (TPSA) is 76.4 Å². The lowest BCUT2D eigenvalue weighted by Crippen LogP contribution is -2.40. The molecule has 2 aromatic carbocycles. The molecule has 0 spiro atoms. The molecule has 0 bridgehead atoms. The van der Waals surface area contributed by atoms with Crippen LogP contribution in [0.4, 0.5) is 23.5 Å². The number of aryl methyl sites for hydroxylation is 1. The van der Waals surface area contributed by atoms with Crippen LogP contribution in [0.15, 0.2) is 36.4 Å². The molecule has 1 fully saturated rings. The Morgan fingerprint density at radius 1 is 1.25 bits per heavy atom. The molecular formula is C22H23F4N3O3. The quantitative estimate of drug-likeness (QED) is 0.518. The second-order valence-electron chi connectivity index (χ2n) is 7.73. The highest BCUT2D eigenvalue weighted by atomic mass is 19.4. The van der Waals surface area contributed by atoms with Gasteiger partial charge in [-0.1, -0.05) is 13.5 Å². The van der Waals surface area contributed by atoms with Crippen LogP contribution in [0.1, 0.15) is 38.7 Å². The number of nitrogens with one attached hydrogen (secondary N) is 1. The normalized spacial score (nSPS) is 15.1. The lowest BCUT2D eigenvalue weighted by molar-refractivity contribution is -0.275. The highest BCUT2D eigenvalue weighted by Gasteiger charge is 2.37. The summed E-state index contributed by atoms with van der Waals surface area (Å²) in [5, 5.41) is 12.9. The van der Waals surface area contributed by atoms with Crippen LogP contribution in [-0.2, 0) is 4.79 Å². The van der Waals surface area contributed by atoms with Crippen LogP contribution < -0.4 is 10.1 Å². The summed E-state index contributed by atoms with van der Waals surface area (Å²) >= 11 is 0. The molecule has 2 N–H and O–H groups in total. The fourth-order valence-electron chi connectivity index (χ4n) is 3.60. The van der Waals surface area contributed by atoms with Crippen LogP contribution in [0.2, 0.25) is 0 Å². The number of nitrogens with zero attached hydrogens (tertiary/aromatic N) is 2. The molecule has 1 aliphatic carbocycles. The Balaban J connectivity index is 0.00000289. The molecule has 1 aromatic heterocycles. The Labute approximate surface area is 181 Å². The smallest absolute Gasteiger partial charge is 0.403 e. The van der Waals surface area contributed by atoms with E-state index in [0.717, 1.165) is 24.1 Å². The average Bonchev–Trinajstić information content (AvgIpc) is 2.97. The number of ether oxygens (including phenoxy) is 1. The number of anilines is 1. The summed E-state index contributed by atoms with van der Waals surface area (Å²) in [4.78, 5) is 16.9. The van der Waals surface area contributed by atoms with Crippen molar-refractivity contribution in [1.82, 2.24) is 9.55 Å². The molecule has 6 nitrogen and oxygen atoms in total. The van der Waals surface area contributed by atoms with Gasteiger partial charge >= 0.3 is 6.36 Å². The Kier molecular flexibility index (Phi) is 6.19. The average molecular weight is 453 g/mol. The minimum Gasteiger partial charge on any atom is -0.403 e. The molecule has 10 heteroatoms. The molecular weight excluding hydrogens is 430 g/mol. The van der Waals surface area contributed by atoms with E-state index >= 15 is 0 Å². The molecule has 0 unspecified atom stereocenters. The summed E-state index contributed by atoms with van der Waals surface area (Å²) in [6, 6.07) is 8.26. The Morgan fingerprint density at radius 3 is 2.56 bits per heavy atom. The van der Waals surface area contributed by atoms with Gasteiger partial charge in [-0.05, 0) is 56.0 Å². The maximum atomic E-state index is 14.3. The third-order valence-corrected chi connectivity index (χ3v) is 5.23. The van der Waals surface area contributed by atoms with Gasteiger partial charge in [-0.15, -0.1) is 13.2 Å². The number of alkyl halides is 3. The second kappa shape index (κ2) is 8.42. The lowest BCUT2D eigenvalue weighted by Gasteiger charge is -2.35. The lowest BCUT2D eigenvalue weighted by atomic mass is 9.78. The summed E-state index contributed by atoms with van der Waals surface area (Å²) in [6.45, 7) is 1.84. The van der Waals surface area contributed by atoms with Gasteiger partial charge in [-0.2, -0.15) is 0 Å². The Hall–Kier alpha value is -3.14. The molecule has 32 heavy (non-hydrogen) atoms. The van der Waals surface area contributed by atoms with Crippen molar-refractivity contribution in [2.75, 3.05) is 5.32 Å². The van der Waals surface area contributed by atoms with Crippen LogP contribution in [0.25, 0.3) is 16.7 Å². The summed E-state index contributed by atoms with van der Waals surface area (Å²) in [6.07, 6.45) is -3.24. The molecule has 1 aliphatic rings. The van der Waals surface area contributed by atoms with E-state index in [1.165, 1.54) is 10.6 Å². The number of aliphatic hydroxyl groups is 1. The van der Waals surface area contributed by atoms with E-state index < -0.39 is 29.4 Å². The van der Waals surface area contributed by atoms with Gasteiger partial charge in [-0.25, -0.2) is 9.37 Å². The standard InChI is InChI=1S/C21H19F4N3O3.CH4/c1-12-3-5-15-16(9-12)28(13-4-6-17(14(22)10-13)31-21(23,24)25)19(26-15)27-18(29)11-20(30)7-2-8-20;/h3-6,9-10,30H,2,7-8,11H2,1H3,(H,26,27,29);1H4. The number of hydrogen-bond acceptors (Lipinski definition) is 4. The number of carbonyl (C=O) groups is 1. The highest BCUT2D eigenvalue weighted by Crippen LogP contribution is 2.35. The van der Waals surface area contributed by atoms with Gasteiger partial charge in [0.1, 0.15) is 0 Å². The maximum absolute atomic E-state index is 14.3. The second-order valence-corrected chi connectivity index (χ2v) is 7.73. The van der Waals surface area contributed by atoms with Gasteiger partial charge in [-0.3, -0.25) is 14.7 Å². The van der Waals surface area contributed by atoms with Crippen molar-refractivity contribution in [3.8, 4) is 11.4 Å². The van der Waals surface area contributed by atoms with Gasteiger partial charge in [0, 0.05) is 6.07 Å². The Bertz CT molecular complexity index is 1150. The van der Waals surface area contributed by atoms with Crippen molar-refractivity contribution < 1.29 is 32.2 Å². The molecule has 4 rings (SSSR count). The van der Waals surface area contributed by atoms with E-state index in [1.54, 1.807) is 12.1 Å².